The summed E-state index contributed by atoms with van der Waals surface area (Å²) in [5.41, 5.74) is 2.62. The molecular formula is C20H27ClN4O. The number of halogens is 1. The monoisotopic (exact) mass is 374 g/mol. The van der Waals surface area contributed by atoms with Gasteiger partial charge in [-0.1, -0.05) is 18.2 Å². The quantitative estimate of drug-likeness (QED) is 0.704. The molecule has 1 saturated carbocycles. The lowest BCUT2D eigenvalue weighted by Gasteiger charge is -2.36. The summed E-state index contributed by atoms with van der Waals surface area (Å²) in [6.45, 7) is 8.57. The van der Waals surface area contributed by atoms with Crippen LogP contribution in [0, 0.1) is 0 Å². The Morgan fingerprint density at radius 3 is 2.81 bits per heavy atom. The third-order valence-electron chi connectivity index (χ3n) is 5.50. The summed E-state index contributed by atoms with van der Waals surface area (Å²) >= 11 is 6.12. The van der Waals surface area contributed by atoms with Crippen molar-refractivity contribution in [3.63, 3.8) is 0 Å². The van der Waals surface area contributed by atoms with E-state index >= 15 is 0 Å². The molecule has 140 valence electrons. The van der Waals surface area contributed by atoms with Crippen LogP contribution in [-0.4, -0.2) is 26.2 Å². The van der Waals surface area contributed by atoms with Crippen LogP contribution in [0.5, 0.6) is 0 Å². The van der Waals surface area contributed by atoms with Crippen molar-refractivity contribution in [1.29, 1.82) is 0 Å². The number of aromatic nitrogens is 3. The maximum Gasteiger partial charge on any atom is 0.209 e. The van der Waals surface area contributed by atoms with Gasteiger partial charge in [0.25, 0.3) is 0 Å². The molecule has 3 heterocycles. The number of hydrogen-bond donors (Lipinski definition) is 1. The molecule has 2 aliphatic rings. The predicted molar refractivity (Wildman–Crippen MR) is 106 cm³/mol. The second-order valence-electron chi connectivity index (χ2n) is 8.19. The van der Waals surface area contributed by atoms with E-state index in [1.54, 1.807) is 6.07 Å². The van der Waals surface area contributed by atoms with Gasteiger partial charge in [-0.05, 0) is 64.5 Å². The van der Waals surface area contributed by atoms with Crippen molar-refractivity contribution in [2.45, 2.75) is 76.5 Å². The molecule has 1 N–H and O–H groups in total. The van der Waals surface area contributed by atoms with Gasteiger partial charge in [-0.2, -0.15) is 0 Å². The molecule has 0 aromatic carbocycles. The molecule has 2 aromatic heterocycles. The molecule has 2 fully saturated rings. The van der Waals surface area contributed by atoms with Crippen LogP contribution < -0.4 is 5.32 Å². The average molecular weight is 375 g/mol. The van der Waals surface area contributed by atoms with Gasteiger partial charge in [0.15, 0.2) is 5.65 Å². The third-order valence-corrected chi connectivity index (χ3v) is 5.71. The number of imidazole rings is 1. The van der Waals surface area contributed by atoms with Gasteiger partial charge < -0.3 is 10.1 Å². The van der Waals surface area contributed by atoms with Gasteiger partial charge in [0.1, 0.15) is 10.7 Å². The van der Waals surface area contributed by atoms with Crippen molar-refractivity contribution < 1.29 is 4.74 Å². The van der Waals surface area contributed by atoms with Crippen molar-refractivity contribution in [3.05, 3.63) is 29.6 Å². The second-order valence-corrected chi connectivity index (χ2v) is 8.58. The van der Waals surface area contributed by atoms with Crippen LogP contribution in [0.2, 0.25) is 5.15 Å². The van der Waals surface area contributed by atoms with E-state index in [2.05, 4.69) is 35.3 Å². The number of fused-ring (bicyclic) bond motifs is 1. The minimum absolute atomic E-state index is 0.0387. The first-order valence-corrected chi connectivity index (χ1v) is 9.96. The lowest BCUT2D eigenvalue weighted by Crippen LogP contribution is -2.35. The molecule has 0 spiro atoms. The number of hydrogen-bond acceptors (Lipinski definition) is 4. The molecule has 1 aliphatic carbocycles. The SMILES string of the molecule is C=C(CC1CCCC(C)(C)O1)Nc1nc2ccc(Cl)nc2n1C1CCC1. The summed E-state index contributed by atoms with van der Waals surface area (Å²) in [5.74, 6) is 0.819. The Hall–Kier alpha value is -1.59. The largest absolute Gasteiger partial charge is 0.372 e. The molecule has 0 radical (unpaired) electrons. The van der Waals surface area contributed by atoms with Gasteiger partial charge in [0.2, 0.25) is 5.95 Å². The third kappa shape index (κ3) is 3.60. The van der Waals surface area contributed by atoms with Crippen molar-refractivity contribution in [1.82, 2.24) is 14.5 Å². The Bertz CT molecular complexity index is 825. The summed E-state index contributed by atoms with van der Waals surface area (Å²) in [4.78, 5) is 9.26. The first kappa shape index (κ1) is 17.8. The van der Waals surface area contributed by atoms with Crippen molar-refractivity contribution in [2.24, 2.45) is 0 Å². The van der Waals surface area contributed by atoms with Crippen molar-refractivity contribution in [3.8, 4) is 0 Å². The van der Waals surface area contributed by atoms with Gasteiger partial charge in [-0.3, -0.25) is 4.57 Å². The fourth-order valence-corrected chi connectivity index (χ4v) is 4.12. The molecule has 26 heavy (non-hydrogen) atoms. The minimum Gasteiger partial charge on any atom is -0.372 e. The fraction of sp³-hybridized carbons (Fsp3) is 0.600. The van der Waals surface area contributed by atoms with Crippen molar-refractivity contribution in [2.75, 3.05) is 5.32 Å². The van der Waals surface area contributed by atoms with Crippen molar-refractivity contribution >= 4 is 28.7 Å². The summed E-state index contributed by atoms with van der Waals surface area (Å²) in [6, 6.07) is 4.16. The maximum absolute atomic E-state index is 6.21. The standard InChI is InChI=1S/C20H27ClN4O/c1-13(12-15-8-5-11-20(2,3)26-15)22-19-23-16-9-10-17(21)24-18(16)25(19)14-6-4-7-14/h9-10,14-15H,1,4-8,11-12H2,2-3H3,(H,22,23). The Morgan fingerprint density at radius 1 is 1.31 bits per heavy atom. The zero-order valence-corrected chi connectivity index (χ0v) is 16.4. The summed E-state index contributed by atoms with van der Waals surface area (Å²) in [5, 5.41) is 3.94. The molecule has 2 aromatic rings. The number of pyridine rings is 1. The summed E-state index contributed by atoms with van der Waals surface area (Å²) in [7, 11) is 0. The van der Waals surface area contributed by atoms with E-state index in [1.165, 1.54) is 12.8 Å². The fourth-order valence-electron chi connectivity index (χ4n) is 3.98. The van der Waals surface area contributed by atoms with E-state index < -0.39 is 0 Å². The molecule has 4 rings (SSSR count). The highest BCUT2D eigenvalue weighted by molar-refractivity contribution is 6.29. The van der Waals surface area contributed by atoms with E-state index in [4.69, 9.17) is 21.3 Å². The lowest BCUT2D eigenvalue weighted by atomic mass is 9.93. The number of rotatable bonds is 5. The van der Waals surface area contributed by atoms with Gasteiger partial charge in [0.05, 0.1) is 11.7 Å². The van der Waals surface area contributed by atoms with Crippen LogP contribution >= 0.6 is 11.6 Å². The highest BCUT2D eigenvalue weighted by Crippen LogP contribution is 2.37. The number of anilines is 1. The first-order valence-electron chi connectivity index (χ1n) is 9.58. The highest BCUT2D eigenvalue weighted by atomic mass is 35.5. The van der Waals surface area contributed by atoms with Gasteiger partial charge in [-0.15, -0.1) is 0 Å². The molecule has 5 nitrogen and oxygen atoms in total. The van der Waals surface area contributed by atoms with Crippen LogP contribution in [0.15, 0.2) is 24.4 Å². The summed E-state index contributed by atoms with van der Waals surface area (Å²) < 4.78 is 8.40. The lowest BCUT2D eigenvalue weighted by molar-refractivity contribution is -0.105. The van der Waals surface area contributed by atoms with E-state index in [9.17, 15) is 0 Å². The van der Waals surface area contributed by atoms with Gasteiger partial charge in [-0.25, -0.2) is 9.97 Å². The molecule has 1 atom stereocenters. The van der Waals surface area contributed by atoms with E-state index in [0.29, 0.717) is 11.2 Å². The van der Waals surface area contributed by atoms with Crippen LogP contribution in [0.3, 0.4) is 0 Å². The Balaban J connectivity index is 1.54. The van der Waals surface area contributed by atoms with Gasteiger partial charge >= 0.3 is 0 Å². The van der Waals surface area contributed by atoms with E-state index in [0.717, 1.165) is 54.9 Å². The summed E-state index contributed by atoms with van der Waals surface area (Å²) in [6.07, 6.45) is 7.97. The normalized spacial score (nSPS) is 23.0. The second kappa shape index (κ2) is 6.86. The predicted octanol–water partition coefficient (Wildman–Crippen LogP) is 5.47. The van der Waals surface area contributed by atoms with Crippen LogP contribution in [0.4, 0.5) is 5.95 Å². The molecule has 6 heteroatoms. The molecule has 1 saturated heterocycles. The minimum atomic E-state index is -0.0387. The number of nitrogens with zero attached hydrogens (tertiary/aromatic N) is 3. The Kier molecular flexibility index (Phi) is 4.70. The van der Waals surface area contributed by atoms with Crippen LogP contribution in [0.1, 0.15) is 64.8 Å². The molecule has 1 unspecified atom stereocenters. The van der Waals surface area contributed by atoms with Crippen LogP contribution in [-0.2, 0) is 4.74 Å². The molecular weight excluding hydrogens is 348 g/mol. The van der Waals surface area contributed by atoms with Crippen LogP contribution in [0.25, 0.3) is 11.2 Å². The van der Waals surface area contributed by atoms with Gasteiger partial charge in [0, 0.05) is 18.2 Å². The zero-order chi connectivity index (χ0) is 18.3. The Morgan fingerprint density at radius 2 is 2.12 bits per heavy atom. The molecule has 0 bridgehead atoms. The number of ether oxygens (including phenoxy) is 1. The highest BCUT2D eigenvalue weighted by Gasteiger charge is 2.30. The number of nitrogens with one attached hydrogen (secondary N) is 1. The first-order chi connectivity index (χ1) is 12.4. The Labute approximate surface area is 159 Å². The average Bonchev–Trinajstić information content (AvgIpc) is 2.82. The smallest absolute Gasteiger partial charge is 0.209 e. The molecule has 0 amide bonds. The molecule has 1 aliphatic heterocycles. The maximum atomic E-state index is 6.21. The zero-order valence-electron chi connectivity index (χ0n) is 15.6. The topological polar surface area (TPSA) is 52.0 Å². The van der Waals surface area contributed by atoms with E-state index in [1.807, 2.05) is 6.07 Å². The van der Waals surface area contributed by atoms with E-state index in [-0.39, 0.29) is 11.7 Å².